The minimum atomic E-state index is 0.304. The highest BCUT2D eigenvalue weighted by Crippen LogP contribution is 2.08. The van der Waals surface area contributed by atoms with E-state index < -0.39 is 0 Å². The van der Waals surface area contributed by atoms with Gasteiger partial charge in [-0.05, 0) is 6.42 Å². The SMILES string of the molecule is CCC(CC(N)=NO)NCCN1CCSCC1. The molecular weight excluding hydrogens is 236 g/mol. The molecule has 1 saturated heterocycles. The Morgan fingerprint density at radius 3 is 2.82 bits per heavy atom. The van der Waals surface area contributed by atoms with Crippen LogP contribution in [0.25, 0.3) is 0 Å². The number of nitrogens with zero attached hydrogens (tertiary/aromatic N) is 2. The smallest absolute Gasteiger partial charge is 0.140 e. The zero-order valence-corrected chi connectivity index (χ0v) is 11.4. The molecule has 0 spiro atoms. The van der Waals surface area contributed by atoms with Gasteiger partial charge in [0, 0.05) is 50.1 Å². The van der Waals surface area contributed by atoms with Gasteiger partial charge < -0.3 is 21.2 Å². The third-order valence-corrected chi connectivity index (χ3v) is 3.98. The summed E-state index contributed by atoms with van der Waals surface area (Å²) in [5.41, 5.74) is 5.51. The van der Waals surface area contributed by atoms with Crippen LogP contribution < -0.4 is 11.1 Å². The summed E-state index contributed by atoms with van der Waals surface area (Å²) in [4.78, 5) is 2.49. The van der Waals surface area contributed by atoms with Crippen molar-refractivity contribution >= 4 is 17.6 Å². The second-order valence-corrected chi connectivity index (χ2v) is 5.53. The van der Waals surface area contributed by atoms with E-state index in [2.05, 4.69) is 22.3 Å². The van der Waals surface area contributed by atoms with Crippen molar-refractivity contribution in [3.63, 3.8) is 0 Å². The standard InChI is InChI=1S/C11H24N4OS/c1-2-10(9-11(12)14-16)13-3-4-15-5-7-17-8-6-15/h10,13,16H,2-9H2,1H3,(H2,12,14). The maximum atomic E-state index is 8.53. The maximum absolute atomic E-state index is 8.53. The molecule has 0 bridgehead atoms. The van der Waals surface area contributed by atoms with Gasteiger partial charge in [-0.25, -0.2) is 0 Å². The van der Waals surface area contributed by atoms with Crippen molar-refractivity contribution in [3.05, 3.63) is 0 Å². The summed E-state index contributed by atoms with van der Waals surface area (Å²) in [7, 11) is 0. The molecule has 1 heterocycles. The van der Waals surface area contributed by atoms with E-state index in [1.54, 1.807) is 0 Å². The van der Waals surface area contributed by atoms with Gasteiger partial charge in [-0.3, -0.25) is 0 Å². The molecule has 1 rings (SSSR count). The van der Waals surface area contributed by atoms with E-state index in [4.69, 9.17) is 10.9 Å². The lowest BCUT2D eigenvalue weighted by molar-refractivity contribution is 0.293. The maximum Gasteiger partial charge on any atom is 0.140 e. The van der Waals surface area contributed by atoms with Crippen LogP contribution in [0, 0.1) is 0 Å². The largest absolute Gasteiger partial charge is 0.409 e. The quantitative estimate of drug-likeness (QED) is 0.270. The Morgan fingerprint density at radius 1 is 1.53 bits per heavy atom. The monoisotopic (exact) mass is 260 g/mol. The van der Waals surface area contributed by atoms with Gasteiger partial charge in [-0.15, -0.1) is 0 Å². The Hall–Kier alpha value is -0.460. The van der Waals surface area contributed by atoms with Gasteiger partial charge in [0.2, 0.25) is 0 Å². The Kier molecular flexibility index (Phi) is 7.39. The molecule has 100 valence electrons. The van der Waals surface area contributed by atoms with Gasteiger partial charge in [-0.1, -0.05) is 12.1 Å². The number of oxime groups is 1. The Labute approximate surface area is 108 Å². The summed E-state index contributed by atoms with van der Waals surface area (Å²) in [6.45, 7) is 6.57. The molecule has 0 aromatic heterocycles. The number of hydrogen-bond donors (Lipinski definition) is 3. The van der Waals surface area contributed by atoms with Crippen molar-refractivity contribution in [1.29, 1.82) is 0 Å². The first-order valence-electron chi connectivity index (χ1n) is 6.26. The van der Waals surface area contributed by atoms with Crippen molar-refractivity contribution in [3.8, 4) is 0 Å². The molecule has 5 nitrogen and oxygen atoms in total. The van der Waals surface area contributed by atoms with Crippen LogP contribution in [-0.2, 0) is 0 Å². The van der Waals surface area contributed by atoms with E-state index in [0.717, 1.165) is 19.5 Å². The van der Waals surface area contributed by atoms with E-state index in [-0.39, 0.29) is 0 Å². The van der Waals surface area contributed by atoms with Gasteiger partial charge in [0.25, 0.3) is 0 Å². The van der Waals surface area contributed by atoms with Crippen LogP contribution in [0.5, 0.6) is 0 Å². The van der Waals surface area contributed by atoms with Crippen molar-refractivity contribution in [1.82, 2.24) is 10.2 Å². The highest BCUT2D eigenvalue weighted by Gasteiger charge is 2.11. The predicted octanol–water partition coefficient (Wildman–Crippen LogP) is 0.540. The first-order chi connectivity index (χ1) is 8.26. The number of nitrogens with two attached hydrogens (primary N) is 1. The van der Waals surface area contributed by atoms with E-state index in [1.807, 2.05) is 11.8 Å². The Bertz CT molecular complexity index is 232. The van der Waals surface area contributed by atoms with Gasteiger partial charge in [0.15, 0.2) is 0 Å². The minimum Gasteiger partial charge on any atom is -0.409 e. The lowest BCUT2D eigenvalue weighted by atomic mass is 10.1. The van der Waals surface area contributed by atoms with Gasteiger partial charge in [0.1, 0.15) is 5.84 Å². The summed E-state index contributed by atoms with van der Waals surface area (Å²) in [6.07, 6.45) is 1.61. The second kappa shape index (κ2) is 8.60. The molecule has 1 unspecified atom stereocenters. The van der Waals surface area contributed by atoms with Crippen LogP contribution in [0.4, 0.5) is 0 Å². The first kappa shape index (κ1) is 14.6. The zero-order valence-electron chi connectivity index (χ0n) is 10.6. The van der Waals surface area contributed by atoms with Gasteiger partial charge in [-0.2, -0.15) is 11.8 Å². The Balaban J connectivity index is 2.14. The van der Waals surface area contributed by atoms with E-state index in [0.29, 0.717) is 18.3 Å². The average molecular weight is 260 g/mol. The van der Waals surface area contributed by atoms with Crippen molar-refractivity contribution in [2.24, 2.45) is 10.9 Å². The van der Waals surface area contributed by atoms with Crippen LogP contribution in [-0.4, -0.2) is 59.7 Å². The molecule has 0 radical (unpaired) electrons. The Morgan fingerprint density at radius 2 is 2.24 bits per heavy atom. The molecule has 0 aromatic rings. The number of amidine groups is 1. The van der Waals surface area contributed by atoms with Crippen LogP contribution in [0.1, 0.15) is 19.8 Å². The van der Waals surface area contributed by atoms with E-state index in [1.165, 1.54) is 24.6 Å². The predicted molar refractivity (Wildman–Crippen MR) is 73.9 cm³/mol. The fourth-order valence-electron chi connectivity index (χ4n) is 1.91. The number of nitrogens with one attached hydrogen (secondary N) is 1. The molecule has 17 heavy (non-hydrogen) atoms. The van der Waals surface area contributed by atoms with Crippen LogP contribution in [0.3, 0.4) is 0 Å². The topological polar surface area (TPSA) is 73.9 Å². The molecule has 0 aromatic carbocycles. The summed E-state index contributed by atoms with van der Waals surface area (Å²) in [5.74, 6) is 2.81. The first-order valence-corrected chi connectivity index (χ1v) is 7.41. The molecule has 1 aliphatic heterocycles. The molecular formula is C11H24N4OS. The lowest BCUT2D eigenvalue weighted by Crippen LogP contribution is -2.41. The summed E-state index contributed by atoms with van der Waals surface area (Å²) in [6, 6.07) is 0.310. The third kappa shape index (κ3) is 6.14. The minimum absolute atomic E-state index is 0.304. The van der Waals surface area contributed by atoms with Crippen molar-refractivity contribution in [2.75, 3.05) is 37.7 Å². The normalized spacial score (nSPS) is 20.4. The highest BCUT2D eigenvalue weighted by molar-refractivity contribution is 7.99. The van der Waals surface area contributed by atoms with E-state index in [9.17, 15) is 0 Å². The average Bonchev–Trinajstić information content (AvgIpc) is 2.38. The molecule has 6 heteroatoms. The van der Waals surface area contributed by atoms with Crippen LogP contribution in [0.2, 0.25) is 0 Å². The number of hydrogen-bond acceptors (Lipinski definition) is 5. The number of rotatable bonds is 7. The molecule has 0 saturated carbocycles. The van der Waals surface area contributed by atoms with Gasteiger partial charge >= 0.3 is 0 Å². The lowest BCUT2D eigenvalue weighted by Gasteiger charge is -2.27. The molecule has 0 amide bonds. The number of thioether (sulfide) groups is 1. The molecule has 1 atom stereocenters. The third-order valence-electron chi connectivity index (χ3n) is 3.04. The fourth-order valence-corrected chi connectivity index (χ4v) is 2.88. The van der Waals surface area contributed by atoms with Crippen molar-refractivity contribution in [2.45, 2.75) is 25.8 Å². The van der Waals surface area contributed by atoms with Crippen LogP contribution in [0.15, 0.2) is 5.16 Å². The molecule has 0 aliphatic carbocycles. The highest BCUT2D eigenvalue weighted by atomic mass is 32.2. The van der Waals surface area contributed by atoms with Crippen molar-refractivity contribution < 1.29 is 5.21 Å². The summed E-state index contributed by atoms with van der Waals surface area (Å²) < 4.78 is 0. The van der Waals surface area contributed by atoms with E-state index >= 15 is 0 Å². The summed E-state index contributed by atoms with van der Waals surface area (Å²) >= 11 is 2.03. The molecule has 4 N–H and O–H groups in total. The fraction of sp³-hybridized carbons (Fsp3) is 0.909. The second-order valence-electron chi connectivity index (χ2n) is 4.31. The zero-order chi connectivity index (χ0) is 12.5. The molecule has 1 fully saturated rings. The van der Waals surface area contributed by atoms with Gasteiger partial charge in [0.05, 0.1) is 0 Å². The molecule has 1 aliphatic rings. The summed E-state index contributed by atoms with van der Waals surface area (Å²) in [5, 5.41) is 15.0. The van der Waals surface area contributed by atoms with Crippen LogP contribution >= 0.6 is 11.8 Å².